The Morgan fingerprint density at radius 3 is 3.06 bits per heavy atom. The Kier molecular flexibility index (Phi) is 3.16. The summed E-state index contributed by atoms with van der Waals surface area (Å²) in [5.41, 5.74) is 1.13. The molecule has 0 spiro atoms. The van der Waals surface area contributed by atoms with Crippen LogP contribution in [-0.4, -0.2) is 36.6 Å². The van der Waals surface area contributed by atoms with Crippen molar-refractivity contribution in [2.45, 2.75) is 37.6 Å². The van der Waals surface area contributed by atoms with E-state index in [0.29, 0.717) is 12.0 Å². The summed E-state index contributed by atoms with van der Waals surface area (Å²) in [5.74, 6) is 1.41. The van der Waals surface area contributed by atoms with Crippen LogP contribution in [0.4, 0.5) is 0 Å². The number of nitrogens with zero attached hydrogens (tertiary/aromatic N) is 2. The van der Waals surface area contributed by atoms with E-state index in [1.165, 1.54) is 32.2 Å². The molecule has 94 valence electrons. The van der Waals surface area contributed by atoms with Gasteiger partial charge in [0.25, 0.3) is 0 Å². The molecule has 2 fully saturated rings. The summed E-state index contributed by atoms with van der Waals surface area (Å²) < 4.78 is 5.69. The van der Waals surface area contributed by atoms with Gasteiger partial charge in [0, 0.05) is 12.5 Å². The number of aromatic nitrogens is 1. The Morgan fingerprint density at radius 1 is 1.41 bits per heavy atom. The maximum absolute atomic E-state index is 5.69. The molecular weight excluding hydrogens is 214 g/mol. The summed E-state index contributed by atoms with van der Waals surface area (Å²) in [6.07, 6.45) is 6.79. The van der Waals surface area contributed by atoms with Gasteiger partial charge in [-0.3, -0.25) is 4.90 Å². The molecule has 0 amide bonds. The number of rotatable bonds is 2. The molecule has 1 aromatic rings. The first-order chi connectivity index (χ1) is 8.34. The third-order valence-corrected chi connectivity index (χ3v) is 4.05. The number of nitrogens with one attached hydrogen (secondary N) is 1. The molecular formula is C13H21N3O. The predicted octanol–water partition coefficient (Wildman–Crippen LogP) is 1.91. The van der Waals surface area contributed by atoms with E-state index < -0.39 is 0 Å². The van der Waals surface area contributed by atoms with E-state index in [9.17, 15) is 0 Å². The van der Waals surface area contributed by atoms with E-state index in [0.717, 1.165) is 24.7 Å². The van der Waals surface area contributed by atoms with Crippen molar-refractivity contribution >= 4 is 0 Å². The molecule has 0 saturated carbocycles. The summed E-state index contributed by atoms with van der Waals surface area (Å²) in [6, 6.07) is 0.476. The molecule has 17 heavy (non-hydrogen) atoms. The molecule has 0 aromatic carbocycles. The van der Waals surface area contributed by atoms with Gasteiger partial charge >= 0.3 is 0 Å². The molecule has 2 aliphatic rings. The molecule has 0 aliphatic carbocycles. The molecule has 1 N–H and O–H groups in total. The first-order valence-corrected chi connectivity index (χ1v) is 6.71. The lowest BCUT2D eigenvalue weighted by atomic mass is 10.00. The maximum atomic E-state index is 5.69. The highest BCUT2D eigenvalue weighted by molar-refractivity contribution is 5.08. The number of hydrogen-bond acceptors (Lipinski definition) is 4. The van der Waals surface area contributed by atoms with Crippen LogP contribution in [0.15, 0.2) is 10.7 Å². The van der Waals surface area contributed by atoms with Gasteiger partial charge in [0.1, 0.15) is 6.26 Å². The zero-order valence-electron chi connectivity index (χ0n) is 10.5. The minimum Gasteiger partial charge on any atom is -0.448 e. The van der Waals surface area contributed by atoms with E-state index in [-0.39, 0.29) is 0 Å². The molecule has 2 aliphatic heterocycles. The standard InChI is InChI=1S/C13H21N3O/c1-16-7-3-5-12(16)11-9-17-13(15-11)10-4-2-6-14-8-10/h9-10,12,14H,2-8H2,1H3. The third kappa shape index (κ3) is 2.24. The van der Waals surface area contributed by atoms with Gasteiger partial charge in [-0.05, 0) is 45.8 Å². The van der Waals surface area contributed by atoms with Crippen molar-refractivity contribution < 1.29 is 4.42 Å². The summed E-state index contributed by atoms with van der Waals surface area (Å²) in [5, 5.41) is 3.41. The largest absolute Gasteiger partial charge is 0.448 e. The Bertz CT molecular complexity index is 370. The first-order valence-electron chi connectivity index (χ1n) is 6.71. The van der Waals surface area contributed by atoms with Crippen LogP contribution in [0.25, 0.3) is 0 Å². The zero-order chi connectivity index (χ0) is 11.7. The second kappa shape index (κ2) is 4.78. The van der Waals surface area contributed by atoms with Crippen molar-refractivity contribution in [3.63, 3.8) is 0 Å². The van der Waals surface area contributed by atoms with Crippen molar-refractivity contribution in [1.29, 1.82) is 0 Å². The van der Waals surface area contributed by atoms with Gasteiger partial charge < -0.3 is 9.73 Å². The molecule has 4 heteroatoms. The second-order valence-corrected chi connectivity index (χ2v) is 5.29. The molecule has 2 saturated heterocycles. The Morgan fingerprint density at radius 2 is 2.35 bits per heavy atom. The number of likely N-dealkylation sites (tertiary alicyclic amines) is 1. The molecule has 2 atom stereocenters. The van der Waals surface area contributed by atoms with E-state index in [1.54, 1.807) is 0 Å². The van der Waals surface area contributed by atoms with Crippen LogP contribution in [0.2, 0.25) is 0 Å². The second-order valence-electron chi connectivity index (χ2n) is 5.29. The Balaban J connectivity index is 1.73. The van der Waals surface area contributed by atoms with Crippen LogP contribution in [0, 0.1) is 0 Å². The summed E-state index contributed by atoms with van der Waals surface area (Å²) in [4.78, 5) is 7.09. The normalized spacial score (nSPS) is 30.9. The van der Waals surface area contributed by atoms with E-state index in [1.807, 2.05) is 6.26 Å². The van der Waals surface area contributed by atoms with Gasteiger partial charge in [-0.1, -0.05) is 0 Å². The number of piperidine rings is 1. The van der Waals surface area contributed by atoms with Crippen LogP contribution in [-0.2, 0) is 0 Å². The van der Waals surface area contributed by atoms with Gasteiger partial charge in [0.15, 0.2) is 5.89 Å². The fourth-order valence-electron chi connectivity index (χ4n) is 2.99. The lowest BCUT2D eigenvalue weighted by Crippen LogP contribution is -2.28. The molecule has 3 rings (SSSR count). The highest BCUT2D eigenvalue weighted by Gasteiger charge is 2.27. The van der Waals surface area contributed by atoms with E-state index >= 15 is 0 Å². The first kappa shape index (κ1) is 11.2. The minimum absolute atomic E-state index is 0.476. The highest BCUT2D eigenvalue weighted by atomic mass is 16.3. The molecule has 0 radical (unpaired) electrons. The van der Waals surface area contributed by atoms with Crippen LogP contribution >= 0.6 is 0 Å². The van der Waals surface area contributed by atoms with Gasteiger partial charge in [0.2, 0.25) is 0 Å². The average Bonchev–Trinajstić information content (AvgIpc) is 2.98. The molecule has 3 heterocycles. The van der Waals surface area contributed by atoms with Gasteiger partial charge in [-0.15, -0.1) is 0 Å². The monoisotopic (exact) mass is 235 g/mol. The third-order valence-electron chi connectivity index (χ3n) is 4.05. The summed E-state index contributed by atoms with van der Waals surface area (Å²) in [6.45, 7) is 3.33. The lowest BCUT2D eigenvalue weighted by molar-refractivity contribution is 0.311. The quantitative estimate of drug-likeness (QED) is 0.850. The SMILES string of the molecule is CN1CCCC1c1coc(C2CCCNC2)n1. The topological polar surface area (TPSA) is 41.3 Å². The number of oxazole rings is 1. The fourth-order valence-corrected chi connectivity index (χ4v) is 2.99. The lowest BCUT2D eigenvalue weighted by Gasteiger charge is -2.19. The molecule has 4 nitrogen and oxygen atoms in total. The van der Waals surface area contributed by atoms with Crippen LogP contribution < -0.4 is 5.32 Å². The zero-order valence-corrected chi connectivity index (χ0v) is 10.5. The molecule has 1 aromatic heterocycles. The fraction of sp³-hybridized carbons (Fsp3) is 0.769. The van der Waals surface area contributed by atoms with Crippen LogP contribution in [0.5, 0.6) is 0 Å². The Hall–Kier alpha value is -0.870. The van der Waals surface area contributed by atoms with Gasteiger partial charge in [0.05, 0.1) is 11.7 Å². The smallest absolute Gasteiger partial charge is 0.198 e. The highest BCUT2D eigenvalue weighted by Crippen LogP contribution is 2.31. The van der Waals surface area contributed by atoms with Crippen molar-refractivity contribution in [2.75, 3.05) is 26.7 Å². The maximum Gasteiger partial charge on any atom is 0.198 e. The molecule has 0 bridgehead atoms. The van der Waals surface area contributed by atoms with Crippen molar-refractivity contribution in [3.05, 3.63) is 17.8 Å². The Labute approximate surface area is 102 Å². The number of hydrogen-bond donors (Lipinski definition) is 1. The van der Waals surface area contributed by atoms with Crippen LogP contribution in [0.1, 0.15) is 49.2 Å². The summed E-state index contributed by atoms with van der Waals surface area (Å²) >= 11 is 0. The predicted molar refractivity (Wildman–Crippen MR) is 66.0 cm³/mol. The molecule has 2 unspecified atom stereocenters. The van der Waals surface area contributed by atoms with E-state index in [4.69, 9.17) is 9.40 Å². The van der Waals surface area contributed by atoms with Gasteiger partial charge in [-0.25, -0.2) is 4.98 Å². The minimum atomic E-state index is 0.476. The van der Waals surface area contributed by atoms with Crippen molar-refractivity contribution in [1.82, 2.24) is 15.2 Å². The van der Waals surface area contributed by atoms with Gasteiger partial charge in [-0.2, -0.15) is 0 Å². The van der Waals surface area contributed by atoms with E-state index in [2.05, 4.69) is 17.3 Å². The van der Waals surface area contributed by atoms with Crippen LogP contribution in [0.3, 0.4) is 0 Å². The summed E-state index contributed by atoms with van der Waals surface area (Å²) in [7, 11) is 2.17. The van der Waals surface area contributed by atoms with Crippen molar-refractivity contribution in [2.24, 2.45) is 0 Å². The van der Waals surface area contributed by atoms with Crippen molar-refractivity contribution in [3.8, 4) is 0 Å². The average molecular weight is 235 g/mol.